The Morgan fingerprint density at radius 1 is 1.56 bits per heavy atom. The largest absolute Gasteiger partial charge is 0.395 e. The van der Waals surface area contributed by atoms with Gasteiger partial charge in [0.1, 0.15) is 11.6 Å². The molecule has 0 amide bonds. The molecule has 0 aliphatic heterocycles. The third-order valence-corrected chi connectivity index (χ3v) is 2.59. The van der Waals surface area contributed by atoms with Crippen LogP contribution in [-0.2, 0) is 0 Å². The third kappa shape index (κ3) is 2.96. The van der Waals surface area contributed by atoms with Crippen LogP contribution in [0.4, 0.5) is 11.4 Å². The number of aliphatic hydroxyl groups is 1. The number of benzene rings is 1. The first-order valence-corrected chi connectivity index (χ1v) is 5.57. The molecule has 0 aliphatic carbocycles. The van der Waals surface area contributed by atoms with E-state index in [0.29, 0.717) is 12.2 Å². The zero-order valence-electron chi connectivity index (χ0n) is 10.3. The molecule has 1 N–H and O–H groups in total. The van der Waals surface area contributed by atoms with E-state index in [0.717, 1.165) is 0 Å². The molecule has 96 valence electrons. The van der Waals surface area contributed by atoms with Gasteiger partial charge in [-0.15, -0.1) is 0 Å². The second-order valence-corrected chi connectivity index (χ2v) is 4.08. The van der Waals surface area contributed by atoms with Crippen molar-refractivity contribution in [3.8, 4) is 6.07 Å². The average Bonchev–Trinajstić information content (AvgIpc) is 2.34. The second kappa shape index (κ2) is 5.98. The highest BCUT2D eigenvalue weighted by atomic mass is 16.6. The number of anilines is 1. The van der Waals surface area contributed by atoms with Crippen LogP contribution in [0.5, 0.6) is 0 Å². The van der Waals surface area contributed by atoms with E-state index in [4.69, 9.17) is 10.4 Å². The summed E-state index contributed by atoms with van der Waals surface area (Å²) in [4.78, 5) is 12.0. The molecule has 1 aromatic carbocycles. The predicted octanol–water partition coefficient (Wildman–Crippen LogP) is 1.67. The molecule has 6 heteroatoms. The van der Waals surface area contributed by atoms with Gasteiger partial charge in [-0.25, -0.2) is 0 Å². The maximum Gasteiger partial charge on any atom is 0.287 e. The van der Waals surface area contributed by atoms with Crippen LogP contribution >= 0.6 is 0 Å². The lowest BCUT2D eigenvalue weighted by Crippen LogP contribution is -2.33. The zero-order valence-corrected chi connectivity index (χ0v) is 10.3. The maximum absolute atomic E-state index is 10.7. The molecule has 0 saturated heterocycles. The summed E-state index contributed by atoms with van der Waals surface area (Å²) in [6.45, 7) is 4.30. The van der Waals surface area contributed by atoms with Gasteiger partial charge in [-0.05, 0) is 26.0 Å². The molecule has 0 fully saturated rings. The normalized spacial score (nSPS) is 10.2. The molecule has 6 nitrogen and oxygen atoms in total. The van der Waals surface area contributed by atoms with E-state index >= 15 is 0 Å². The second-order valence-electron chi connectivity index (χ2n) is 4.08. The van der Waals surface area contributed by atoms with Gasteiger partial charge in [0, 0.05) is 24.3 Å². The first kappa shape index (κ1) is 13.9. The fourth-order valence-corrected chi connectivity index (χ4v) is 1.74. The Kier molecular flexibility index (Phi) is 4.63. The number of aliphatic hydroxyl groups excluding tert-OH is 1. The van der Waals surface area contributed by atoms with Crippen molar-refractivity contribution >= 4 is 11.4 Å². The molecule has 0 aromatic heterocycles. The highest BCUT2D eigenvalue weighted by Gasteiger charge is 2.17. The molecule has 0 aliphatic rings. The topological polar surface area (TPSA) is 90.4 Å². The lowest BCUT2D eigenvalue weighted by molar-refractivity contribution is -0.385. The van der Waals surface area contributed by atoms with Crippen molar-refractivity contribution in [1.82, 2.24) is 0 Å². The number of hydrogen-bond acceptors (Lipinski definition) is 5. The summed E-state index contributed by atoms with van der Waals surface area (Å²) in [6.07, 6.45) is 0. The van der Waals surface area contributed by atoms with E-state index < -0.39 is 4.92 Å². The molecular formula is C12H15N3O3. The number of nitro groups is 1. The summed E-state index contributed by atoms with van der Waals surface area (Å²) in [7, 11) is 0. The van der Waals surface area contributed by atoms with Crippen LogP contribution in [0, 0.1) is 21.4 Å². The molecular weight excluding hydrogens is 234 g/mol. The fraction of sp³-hybridized carbons (Fsp3) is 0.417. The molecule has 0 saturated carbocycles. The Hall–Kier alpha value is -2.13. The number of hydrogen-bond donors (Lipinski definition) is 1. The van der Waals surface area contributed by atoms with Gasteiger partial charge in [-0.1, -0.05) is 0 Å². The molecule has 1 rings (SSSR count). The van der Waals surface area contributed by atoms with Crippen LogP contribution in [0.2, 0.25) is 0 Å². The van der Waals surface area contributed by atoms with E-state index in [2.05, 4.69) is 0 Å². The Bertz CT molecular complexity index is 480. The molecule has 0 spiro atoms. The van der Waals surface area contributed by atoms with E-state index in [1.54, 1.807) is 6.07 Å². The van der Waals surface area contributed by atoms with Crippen molar-refractivity contribution in [3.63, 3.8) is 0 Å². The van der Waals surface area contributed by atoms with Crippen molar-refractivity contribution in [3.05, 3.63) is 33.9 Å². The summed E-state index contributed by atoms with van der Waals surface area (Å²) in [5.41, 5.74) is 0.524. The predicted molar refractivity (Wildman–Crippen MR) is 67.4 cm³/mol. The zero-order chi connectivity index (χ0) is 13.7. The smallest absolute Gasteiger partial charge is 0.287 e. The summed E-state index contributed by atoms with van der Waals surface area (Å²) in [6, 6.07) is 6.34. The summed E-state index contributed by atoms with van der Waals surface area (Å²) in [5, 5.41) is 28.6. The number of nitriles is 1. The average molecular weight is 249 g/mol. The highest BCUT2D eigenvalue weighted by molar-refractivity contribution is 5.60. The van der Waals surface area contributed by atoms with Crippen LogP contribution in [0.1, 0.15) is 19.4 Å². The lowest BCUT2D eigenvalue weighted by Gasteiger charge is -2.28. The Balaban J connectivity index is 3.19. The number of nitrogens with zero attached hydrogens (tertiary/aromatic N) is 3. The van der Waals surface area contributed by atoms with Crippen LogP contribution in [0.15, 0.2) is 18.2 Å². The summed E-state index contributed by atoms with van der Waals surface area (Å²) in [5.74, 6) is 0. The van der Waals surface area contributed by atoms with Gasteiger partial charge >= 0.3 is 0 Å². The fourth-order valence-electron chi connectivity index (χ4n) is 1.74. The number of rotatable bonds is 5. The van der Waals surface area contributed by atoms with Crippen molar-refractivity contribution in [2.75, 3.05) is 18.1 Å². The molecule has 18 heavy (non-hydrogen) atoms. The molecule has 0 radical (unpaired) electrons. The molecule has 0 atom stereocenters. The van der Waals surface area contributed by atoms with E-state index in [9.17, 15) is 10.1 Å². The Morgan fingerprint density at radius 3 is 2.67 bits per heavy atom. The number of nitro benzene ring substituents is 1. The van der Waals surface area contributed by atoms with E-state index in [1.807, 2.05) is 24.8 Å². The first-order valence-electron chi connectivity index (χ1n) is 5.57. The Labute approximate surface area is 105 Å². The third-order valence-electron chi connectivity index (χ3n) is 2.59. The van der Waals surface area contributed by atoms with Gasteiger partial charge in [-0.2, -0.15) is 5.26 Å². The van der Waals surface area contributed by atoms with Crippen LogP contribution in [0.3, 0.4) is 0 Å². The van der Waals surface area contributed by atoms with Crippen molar-refractivity contribution < 1.29 is 10.0 Å². The monoisotopic (exact) mass is 249 g/mol. The van der Waals surface area contributed by atoms with Crippen LogP contribution in [0.25, 0.3) is 0 Å². The minimum atomic E-state index is -0.575. The van der Waals surface area contributed by atoms with Crippen LogP contribution in [-0.4, -0.2) is 29.2 Å². The molecule has 0 bridgehead atoms. The maximum atomic E-state index is 10.7. The minimum absolute atomic E-state index is 0.0168. The van der Waals surface area contributed by atoms with E-state index in [1.165, 1.54) is 12.1 Å². The summed E-state index contributed by atoms with van der Waals surface area (Å²) >= 11 is 0. The lowest BCUT2D eigenvalue weighted by atomic mass is 10.1. The minimum Gasteiger partial charge on any atom is -0.395 e. The van der Waals surface area contributed by atoms with Crippen molar-refractivity contribution in [2.24, 2.45) is 0 Å². The summed E-state index contributed by atoms with van der Waals surface area (Å²) < 4.78 is 0. The van der Waals surface area contributed by atoms with Crippen molar-refractivity contribution in [1.29, 1.82) is 5.26 Å². The SMILES string of the molecule is CC(C)N(CCO)c1ccc([N+](=O)[O-])c(C#N)c1. The van der Waals surface area contributed by atoms with Gasteiger partial charge in [0.15, 0.2) is 0 Å². The van der Waals surface area contributed by atoms with Crippen molar-refractivity contribution in [2.45, 2.75) is 19.9 Å². The van der Waals surface area contributed by atoms with E-state index in [-0.39, 0.29) is 23.9 Å². The Morgan fingerprint density at radius 2 is 2.22 bits per heavy atom. The molecule has 1 aromatic rings. The highest BCUT2D eigenvalue weighted by Crippen LogP contribution is 2.25. The van der Waals surface area contributed by atoms with Gasteiger partial charge in [0.25, 0.3) is 5.69 Å². The standard InChI is InChI=1S/C12H15N3O3/c1-9(2)14(5-6-16)11-3-4-12(15(17)18)10(7-11)8-13/h3-4,7,9,16H,5-6H2,1-2H3. The van der Waals surface area contributed by atoms with Gasteiger partial charge in [-0.3, -0.25) is 10.1 Å². The van der Waals surface area contributed by atoms with Gasteiger partial charge in [0.05, 0.1) is 11.5 Å². The molecule has 0 unspecified atom stereocenters. The van der Waals surface area contributed by atoms with Gasteiger partial charge in [0.2, 0.25) is 0 Å². The quantitative estimate of drug-likeness (QED) is 0.633. The first-order chi connectivity index (χ1) is 8.51. The van der Waals surface area contributed by atoms with Crippen LogP contribution < -0.4 is 4.90 Å². The van der Waals surface area contributed by atoms with Gasteiger partial charge < -0.3 is 10.0 Å². The molecule has 0 heterocycles.